The molecule has 9 nitrogen and oxygen atoms in total. The lowest BCUT2D eigenvalue weighted by Crippen LogP contribution is -2.34. The van der Waals surface area contributed by atoms with Crippen LogP contribution in [0.2, 0.25) is 0 Å². The van der Waals surface area contributed by atoms with Gasteiger partial charge in [0.2, 0.25) is 5.71 Å². The number of rotatable bonds is 5. The number of anilines is 2. The van der Waals surface area contributed by atoms with Gasteiger partial charge in [-0.25, -0.2) is 15.0 Å². The molecule has 2 fully saturated rings. The molecule has 0 atom stereocenters. The molecule has 4 heterocycles. The van der Waals surface area contributed by atoms with Gasteiger partial charge in [0.05, 0.1) is 10.9 Å². The van der Waals surface area contributed by atoms with E-state index >= 15 is 0 Å². The van der Waals surface area contributed by atoms with E-state index in [2.05, 4.69) is 27.1 Å². The Morgan fingerprint density at radius 1 is 1.16 bits per heavy atom. The molecule has 0 bridgehead atoms. The van der Waals surface area contributed by atoms with Gasteiger partial charge in [0.15, 0.2) is 0 Å². The van der Waals surface area contributed by atoms with Crippen molar-refractivity contribution < 1.29 is 9.21 Å². The molecule has 1 aliphatic carbocycles. The van der Waals surface area contributed by atoms with E-state index in [9.17, 15) is 4.79 Å². The number of fused-ring (bicyclic) bond motifs is 1. The van der Waals surface area contributed by atoms with Crippen molar-refractivity contribution in [2.45, 2.75) is 64.8 Å². The minimum absolute atomic E-state index is 0.00918. The summed E-state index contributed by atoms with van der Waals surface area (Å²) in [5.74, 6) is 3.33. The minimum atomic E-state index is -0.523. The molecule has 0 aromatic carbocycles. The zero-order chi connectivity index (χ0) is 22.6. The highest BCUT2D eigenvalue weighted by molar-refractivity contribution is 6.09. The predicted octanol–water partition coefficient (Wildman–Crippen LogP) is 3.39. The second kappa shape index (κ2) is 7.43. The maximum atomic E-state index is 12.1. The van der Waals surface area contributed by atoms with Crippen molar-refractivity contribution in [1.29, 1.82) is 0 Å². The molecule has 0 radical (unpaired) electrons. The van der Waals surface area contributed by atoms with Crippen LogP contribution in [0.1, 0.15) is 72.0 Å². The van der Waals surface area contributed by atoms with Gasteiger partial charge in [-0.2, -0.15) is 4.98 Å². The van der Waals surface area contributed by atoms with Crippen LogP contribution in [0.3, 0.4) is 0 Å². The highest BCUT2D eigenvalue weighted by atomic mass is 16.3. The molecule has 1 saturated carbocycles. The number of nitrogens with two attached hydrogens (primary N) is 1. The summed E-state index contributed by atoms with van der Waals surface area (Å²) < 4.78 is 5.86. The van der Waals surface area contributed by atoms with Gasteiger partial charge in [-0.05, 0) is 53.4 Å². The van der Waals surface area contributed by atoms with Crippen molar-refractivity contribution in [1.82, 2.24) is 19.9 Å². The average Bonchev–Trinajstić information content (AvgIpc) is 3.34. The largest absolute Gasteiger partial charge is 0.442 e. The van der Waals surface area contributed by atoms with Crippen LogP contribution in [-0.4, -0.2) is 44.5 Å². The molecular formula is C23H29N7O2. The van der Waals surface area contributed by atoms with Crippen molar-refractivity contribution in [3.63, 3.8) is 0 Å². The van der Waals surface area contributed by atoms with E-state index in [1.165, 1.54) is 0 Å². The molecule has 3 N–H and O–H groups in total. The van der Waals surface area contributed by atoms with E-state index in [4.69, 9.17) is 20.1 Å². The summed E-state index contributed by atoms with van der Waals surface area (Å²) in [5.41, 5.74) is 7.41. The summed E-state index contributed by atoms with van der Waals surface area (Å²) >= 11 is 0. The van der Waals surface area contributed by atoms with Gasteiger partial charge in [0, 0.05) is 36.3 Å². The Hall–Kier alpha value is -3.23. The first-order chi connectivity index (χ1) is 15.2. The van der Waals surface area contributed by atoms with Gasteiger partial charge in [-0.15, -0.1) is 0 Å². The van der Waals surface area contributed by atoms with E-state index < -0.39 is 5.91 Å². The first-order valence-corrected chi connectivity index (χ1v) is 11.2. The van der Waals surface area contributed by atoms with E-state index in [1.54, 1.807) is 6.92 Å². The molecule has 1 aliphatic heterocycles. The summed E-state index contributed by atoms with van der Waals surface area (Å²) in [6.07, 6.45) is 3.94. The number of aryl methyl sites for hydroxylation is 3. The molecule has 2 aliphatic rings. The molecule has 1 amide bonds. The second-order valence-corrected chi connectivity index (χ2v) is 9.37. The smallest absolute Gasteiger partial charge is 0.253 e. The number of piperidine rings is 1. The zero-order valence-electron chi connectivity index (χ0n) is 19.0. The summed E-state index contributed by atoms with van der Waals surface area (Å²) in [6, 6.07) is 2.03. The third kappa shape index (κ3) is 3.76. The molecule has 1 saturated heterocycles. The quantitative estimate of drug-likeness (QED) is 0.625. The Kier molecular flexibility index (Phi) is 4.79. The monoisotopic (exact) mass is 435 g/mol. The number of carbonyl (C=O) groups is 1. The fourth-order valence-electron chi connectivity index (χ4n) is 4.52. The fourth-order valence-corrected chi connectivity index (χ4v) is 4.52. The summed E-state index contributed by atoms with van der Waals surface area (Å²) in [6.45, 7) is 9.55. The summed E-state index contributed by atoms with van der Waals surface area (Å²) in [4.78, 5) is 33.0. The Balaban J connectivity index is 1.45. The van der Waals surface area contributed by atoms with Crippen molar-refractivity contribution in [3.05, 3.63) is 34.7 Å². The molecule has 3 aromatic heterocycles. The van der Waals surface area contributed by atoms with Gasteiger partial charge in [-0.3, -0.25) is 4.79 Å². The lowest BCUT2D eigenvalue weighted by Gasteiger charge is -2.32. The van der Waals surface area contributed by atoms with E-state index in [-0.39, 0.29) is 11.5 Å². The number of hydrogen-bond acceptors (Lipinski definition) is 8. The van der Waals surface area contributed by atoms with Crippen LogP contribution in [-0.2, 0) is 0 Å². The van der Waals surface area contributed by atoms with Gasteiger partial charge in [-0.1, -0.05) is 0 Å². The van der Waals surface area contributed by atoms with Crippen molar-refractivity contribution in [2.75, 3.05) is 23.3 Å². The lowest BCUT2D eigenvalue weighted by molar-refractivity contribution is 0.1000. The highest BCUT2D eigenvalue weighted by Crippen LogP contribution is 2.41. The second-order valence-electron chi connectivity index (χ2n) is 9.37. The lowest BCUT2D eigenvalue weighted by atomic mass is 9.95. The van der Waals surface area contributed by atoms with Gasteiger partial charge >= 0.3 is 0 Å². The molecule has 9 heteroatoms. The van der Waals surface area contributed by atoms with Crippen LogP contribution >= 0.6 is 0 Å². The van der Waals surface area contributed by atoms with E-state index in [0.717, 1.165) is 61.9 Å². The van der Waals surface area contributed by atoms with E-state index in [1.807, 2.05) is 19.9 Å². The van der Waals surface area contributed by atoms with Crippen LogP contribution in [0.25, 0.3) is 11.1 Å². The Morgan fingerprint density at radius 3 is 2.50 bits per heavy atom. The first-order valence-electron chi connectivity index (χ1n) is 11.2. The van der Waals surface area contributed by atoms with Crippen molar-refractivity contribution in [3.8, 4) is 0 Å². The first kappa shape index (κ1) is 20.7. The highest BCUT2D eigenvalue weighted by Gasteiger charge is 2.39. The van der Waals surface area contributed by atoms with Gasteiger partial charge < -0.3 is 20.4 Å². The van der Waals surface area contributed by atoms with E-state index in [0.29, 0.717) is 28.2 Å². The molecule has 168 valence electrons. The summed E-state index contributed by atoms with van der Waals surface area (Å²) in [7, 11) is 0. The van der Waals surface area contributed by atoms with Gasteiger partial charge in [0.25, 0.3) is 5.91 Å². The maximum absolute atomic E-state index is 12.1. The number of carbonyl (C=O) groups excluding carboxylic acids is 1. The molecule has 3 aromatic rings. The van der Waals surface area contributed by atoms with Crippen LogP contribution in [0.15, 0.2) is 10.5 Å². The number of primary amides is 1. The van der Waals surface area contributed by atoms with Crippen LogP contribution in [0.4, 0.5) is 11.6 Å². The summed E-state index contributed by atoms with van der Waals surface area (Å²) in [5, 5.41) is 4.12. The molecule has 32 heavy (non-hydrogen) atoms. The van der Waals surface area contributed by atoms with Crippen molar-refractivity contribution in [2.24, 2.45) is 5.73 Å². The topological polar surface area (TPSA) is 123 Å². The molecule has 0 unspecified atom stereocenters. The standard InChI is InChI=1S/C23H29N7O2/c1-12-11-16(26-14(3)25-12)30-9-5-15(6-10-30)20-27-21(29-23(4)7-8-23)18-17(19(24)31)13(2)32-22(18)28-20/h11,15H,5-10H2,1-4H3,(H2,24,31)(H,27,28,29). The predicted molar refractivity (Wildman–Crippen MR) is 122 cm³/mol. The molecular weight excluding hydrogens is 406 g/mol. The normalized spacial score (nSPS) is 18.2. The number of nitrogens with one attached hydrogen (secondary N) is 1. The minimum Gasteiger partial charge on any atom is -0.442 e. The number of aromatic nitrogens is 4. The third-order valence-electron chi connectivity index (χ3n) is 6.55. The van der Waals surface area contributed by atoms with Crippen LogP contribution in [0, 0.1) is 20.8 Å². The third-order valence-corrected chi connectivity index (χ3v) is 6.55. The van der Waals surface area contributed by atoms with Crippen LogP contribution in [0.5, 0.6) is 0 Å². The molecule has 5 rings (SSSR count). The Labute approximate surface area is 186 Å². The Bertz CT molecular complexity index is 1190. The number of amides is 1. The number of furan rings is 1. The SMILES string of the molecule is Cc1cc(N2CCC(c3nc(NC4(C)CC4)c4c(C(N)=O)c(C)oc4n3)CC2)nc(C)n1. The van der Waals surface area contributed by atoms with Crippen LogP contribution < -0.4 is 16.0 Å². The molecule has 0 spiro atoms. The fraction of sp³-hybridized carbons (Fsp3) is 0.522. The average molecular weight is 436 g/mol. The Morgan fingerprint density at radius 2 is 1.88 bits per heavy atom. The van der Waals surface area contributed by atoms with Crippen molar-refractivity contribution >= 4 is 28.6 Å². The van der Waals surface area contributed by atoms with Gasteiger partial charge in [0.1, 0.15) is 29.0 Å². The maximum Gasteiger partial charge on any atom is 0.253 e. The number of hydrogen-bond donors (Lipinski definition) is 2. The zero-order valence-corrected chi connectivity index (χ0v) is 19.0. The number of nitrogens with zero attached hydrogens (tertiary/aromatic N) is 5.